The summed E-state index contributed by atoms with van der Waals surface area (Å²) in [6, 6.07) is 12.8. The number of piperidine rings is 2. The van der Waals surface area contributed by atoms with Gasteiger partial charge in [-0.25, -0.2) is 4.98 Å². The Morgan fingerprint density at radius 1 is 0.923 bits per heavy atom. The van der Waals surface area contributed by atoms with Crippen LogP contribution in [0.2, 0.25) is 0 Å². The third-order valence-corrected chi connectivity index (χ3v) is 9.34. The molecule has 1 aromatic heterocycles. The van der Waals surface area contributed by atoms with Crippen molar-refractivity contribution < 1.29 is 14.7 Å². The average Bonchev–Trinajstić information content (AvgIpc) is 3.00. The van der Waals surface area contributed by atoms with Crippen LogP contribution < -0.4 is 4.90 Å². The number of nitrogens with zero attached hydrogens (tertiary/aromatic N) is 5. The number of aromatic nitrogens is 1. The third kappa shape index (κ3) is 6.42. The van der Waals surface area contributed by atoms with Crippen molar-refractivity contribution in [3.8, 4) is 11.3 Å². The van der Waals surface area contributed by atoms with Crippen molar-refractivity contribution in [2.24, 2.45) is 5.92 Å². The number of hydrogen-bond acceptors (Lipinski definition) is 7. The Morgan fingerprint density at radius 2 is 1.62 bits per heavy atom. The fourth-order valence-electron chi connectivity index (χ4n) is 6.19. The number of anilines is 1. The van der Waals surface area contributed by atoms with Crippen molar-refractivity contribution >= 4 is 29.4 Å². The van der Waals surface area contributed by atoms with Crippen LogP contribution >= 0.6 is 11.8 Å². The first-order valence-corrected chi connectivity index (χ1v) is 15.5. The van der Waals surface area contributed by atoms with Gasteiger partial charge in [0.2, 0.25) is 5.91 Å². The Hall–Kier alpha value is -2.62. The first-order chi connectivity index (χ1) is 19.0. The summed E-state index contributed by atoms with van der Waals surface area (Å²) in [5.41, 5.74) is 2.56. The fraction of sp³-hybridized carbons (Fsp3) is 0.567. The number of thioether (sulfide) groups is 1. The molecule has 2 aromatic rings. The first kappa shape index (κ1) is 27.9. The van der Waals surface area contributed by atoms with Gasteiger partial charge in [-0.3, -0.25) is 14.5 Å². The lowest BCUT2D eigenvalue weighted by atomic mass is 9.94. The lowest BCUT2D eigenvalue weighted by molar-refractivity contribution is -0.130. The Kier molecular flexibility index (Phi) is 9.10. The number of amides is 2. The topological polar surface area (TPSA) is 80.2 Å². The number of benzene rings is 1. The molecule has 210 valence electrons. The maximum absolute atomic E-state index is 13.8. The molecule has 2 amide bonds. The molecule has 8 nitrogen and oxygen atoms in total. The maximum Gasteiger partial charge on any atom is 0.257 e. The van der Waals surface area contributed by atoms with Gasteiger partial charge in [0.1, 0.15) is 5.82 Å². The van der Waals surface area contributed by atoms with Crippen LogP contribution in [-0.4, -0.2) is 108 Å². The second-order valence-electron chi connectivity index (χ2n) is 11.0. The zero-order valence-electron chi connectivity index (χ0n) is 23.2. The van der Waals surface area contributed by atoms with Crippen molar-refractivity contribution in [1.82, 2.24) is 19.7 Å². The van der Waals surface area contributed by atoms with E-state index in [1.807, 2.05) is 17.0 Å². The highest BCUT2D eigenvalue weighted by Crippen LogP contribution is 2.31. The van der Waals surface area contributed by atoms with Crippen LogP contribution in [0.15, 0.2) is 41.3 Å². The summed E-state index contributed by atoms with van der Waals surface area (Å²) >= 11 is 1.71. The molecule has 0 unspecified atom stereocenters. The van der Waals surface area contributed by atoms with E-state index in [2.05, 4.69) is 40.3 Å². The van der Waals surface area contributed by atoms with E-state index in [-0.39, 0.29) is 18.4 Å². The van der Waals surface area contributed by atoms with Gasteiger partial charge in [0, 0.05) is 75.8 Å². The SMILES string of the molecule is CSc1ccc(-c2ccc(C(=O)N3CCN(C(C)=O)CC3)c(N3CCC(N4CCC[C@@H](CO)C4)CC3)n2)cc1. The molecule has 1 atom stereocenters. The number of carbonyl (C=O) groups excluding carboxylic acids is 2. The number of carbonyl (C=O) groups is 2. The summed E-state index contributed by atoms with van der Waals surface area (Å²) in [7, 11) is 0. The quantitative estimate of drug-likeness (QED) is 0.551. The van der Waals surface area contributed by atoms with Crippen LogP contribution in [0.1, 0.15) is 43.0 Å². The van der Waals surface area contributed by atoms with Crippen LogP contribution in [0.25, 0.3) is 11.3 Å². The number of rotatable bonds is 6. The summed E-state index contributed by atoms with van der Waals surface area (Å²) in [6.45, 7) is 7.87. The highest BCUT2D eigenvalue weighted by Gasteiger charge is 2.32. The molecule has 0 radical (unpaired) electrons. The molecule has 3 aliphatic heterocycles. The second kappa shape index (κ2) is 12.7. The number of pyridine rings is 1. The lowest BCUT2D eigenvalue weighted by Gasteiger charge is -2.42. The Bertz CT molecular complexity index is 1140. The third-order valence-electron chi connectivity index (χ3n) is 8.59. The monoisotopic (exact) mass is 551 g/mol. The number of aliphatic hydroxyl groups is 1. The standard InChI is InChI=1S/C30H41N5O3S/c1-22(37)32-16-18-34(19-17-32)30(38)27-9-10-28(24-5-7-26(39-2)8-6-24)31-29(27)33-14-11-25(12-15-33)35-13-3-4-23(20-35)21-36/h5-10,23,25,36H,3-4,11-21H2,1-2H3/t23-/m1/s1. The zero-order valence-corrected chi connectivity index (χ0v) is 24.0. The van der Waals surface area contributed by atoms with Crippen molar-refractivity contribution in [1.29, 1.82) is 0 Å². The van der Waals surface area contributed by atoms with Crippen LogP contribution in [0.3, 0.4) is 0 Å². The van der Waals surface area contributed by atoms with Crippen molar-refractivity contribution in [2.75, 3.05) is 70.1 Å². The molecule has 0 aliphatic carbocycles. The van der Waals surface area contributed by atoms with Gasteiger partial charge in [0.25, 0.3) is 5.91 Å². The molecular weight excluding hydrogens is 510 g/mol. The van der Waals surface area contributed by atoms with Crippen LogP contribution in [0.4, 0.5) is 5.82 Å². The fourth-order valence-corrected chi connectivity index (χ4v) is 6.60. The molecule has 39 heavy (non-hydrogen) atoms. The minimum absolute atomic E-state index is 0.00563. The Labute approximate surface area is 236 Å². The van der Waals surface area contributed by atoms with E-state index >= 15 is 0 Å². The van der Waals surface area contributed by atoms with Crippen LogP contribution in [0, 0.1) is 5.92 Å². The average molecular weight is 552 g/mol. The summed E-state index contributed by atoms with van der Waals surface area (Å²) in [5.74, 6) is 1.21. The summed E-state index contributed by atoms with van der Waals surface area (Å²) < 4.78 is 0. The van der Waals surface area contributed by atoms with Crippen LogP contribution in [0.5, 0.6) is 0 Å². The van der Waals surface area contributed by atoms with Gasteiger partial charge in [0.15, 0.2) is 0 Å². The summed E-state index contributed by atoms with van der Waals surface area (Å²) in [4.78, 5) is 40.4. The molecule has 3 saturated heterocycles. The van der Waals surface area contributed by atoms with Gasteiger partial charge in [-0.2, -0.15) is 0 Å². The minimum Gasteiger partial charge on any atom is -0.396 e. The molecule has 1 aromatic carbocycles. The van der Waals surface area contributed by atoms with E-state index in [9.17, 15) is 14.7 Å². The Balaban J connectivity index is 1.37. The molecule has 1 N–H and O–H groups in total. The van der Waals surface area contributed by atoms with E-state index in [4.69, 9.17) is 4.98 Å². The van der Waals surface area contributed by atoms with Gasteiger partial charge >= 0.3 is 0 Å². The zero-order chi connectivity index (χ0) is 27.4. The number of hydrogen-bond donors (Lipinski definition) is 1. The van der Waals surface area contributed by atoms with Crippen molar-refractivity contribution in [3.63, 3.8) is 0 Å². The normalized spacial score (nSPS) is 21.3. The highest BCUT2D eigenvalue weighted by atomic mass is 32.2. The van der Waals surface area contributed by atoms with E-state index in [0.29, 0.717) is 43.7 Å². The molecule has 4 heterocycles. The molecule has 0 spiro atoms. The van der Waals surface area contributed by atoms with Crippen molar-refractivity contribution in [3.05, 3.63) is 42.0 Å². The maximum atomic E-state index is 13.8. The molecule has 0 bridgehead atoms. The number of likely N-dealkylation sites (tertiary alicyclic amines) is 1. The van der Waals surface area contributed by atoms with Gasteiger partial charge in [-0.1, -0.05) is 12.1 Å². The molecule has 0 saturated carbocycles. The first-order valence-electron chi connectivity index (χ1n) is 14.3. The number of aliphatic hydroxyl groups excluding tert-OH is 1. The molecule has 3 aliphatic rings. The highest BCUT2D eigenvalue weighted by molar-refractivity contribution is 7.98. The van der Waals surface area contributed by atoms with E-state index in [1.54, 1.807) is 23.6 Å². The largest absolute Gasteiger partial charge is 0.396 e. The van der Waals surface area contributed by atoms with Gasteiger partial charge in [-0.05, 0) is 68.7 Å². The van der Waals surface area contributed by atoms with E-state index in [1.165, 1.54) is 4.90 Å². The van der Waals surface area contributed by atoms with Gasteiger partial charge < -0.3 is 19.8 Å². The molecule has 9 heteroatoms. The predicted octanol–water partition coefficient (Wildman–Crippen LogP) is 3.45. The molecule has 3 fully saturated rings. The summed E-state index contributed by atoms with van der Waals surface area (Å²) in [6.07, 6.45) is 6.39. The van der Waals surface area contributed by atoms with E-state index < -0.39 is 0 Å². The molecular formula is C30H41N5O3S. The smallest absolute Gasteiger partial charge is 0.257 e. The second-order valence-corrected chi connectivity index (χ2v) is 11.9. The predicted molar refractivity (Wildman–Crippen MR) is 156 cm³/mol. The van der Waals surface area contributed by atoms with Gasteiger partial charge in [0.05, 0.1) is 11.3 Å². The summed E-state index contributed by atoms with van der Waals surface area (Å²) in [5, 5.41) is 9.68. The molecule has 5 rings (SSSR count). The van der Waals surface area contributed by atoms with Crippen molar-refractivity contribution in [2.45, 2.75) is 43.5 Å². The Morgan fingerprint density at radius 3 is 2.26 bits per heavy atom. The minimum atomic E-state index is -0.00563. The number of piperazine rings is 1. The lowest BCUT2D eigenvalue weighted by Crippen LogP contribution is -2.51. The van der Waals surface area contributed by atoms with E-state index in [0.717, 1.165) is 68.9 Å². The van der Waals surface area contributed by atoms with Crippen LogP contribution in [-0.2, 0) is 4.79 Å². The van der Waals surface area contributed by atoms with Gasteiger partial charge in [-0.15, -0.1) is 11.8 Å².